The fraction of sp³-hybridized carbons (Fsp3) is 0.125. The van der Waals surface area contributed by atoms with Crippen molar-refractivity contribution in [1.82, 2.24) is 4.98 Å². The lowest BCUT2D eigenvalue weighted by molar-refractivity contribution is 0.0598. The predicted octanol–water partition coefficient (Wildman–Crippen LogP) is 2.34. The molecule has 0 amide bonds. The van der Waals surface area contributed by atoms with Crippen LogP contribution in [0.4, 0.5) is 0 Å². The van der Waals surface area contributed by atoms with Gasteiger partial charge in [0.2, 0.25) is 5.43 Å². The van der Waals surface area contributed by atoms with Crippen LogP contribution in [0.2, 0.25) is 0 Å². The molecule has 0 aliphatic carbocycles. The molecule has 0 aliphatic rings. The number of rotatable bonds is 4. The molecule has 5 nitrogen and oxygen atoms in total. The van der Waals surface area contributed by atoms with Crippen molar-refractivity contribution < 1.29 is 14.3 Å². The summed E-state index contributed by atoms with van der Waals surface area (Å²) in [6.45, 7) is 0. The van der Waals surface area contributed by atoms with Crippen LogP contribution >= 0.6 is 0 Å². The Morgan fingerprint density at radius 2 is 1.86 bits per heavy atom. The summed E-state index contributed by atoms with van der Waals surface area (Å²) in [6, 6.07) is 10.7. The number of aromatic nitrogens is 1. The third-order valence-electron chi connectivity index (χ3n) is 2.89. The molecule has 0 radical (unpaired) electrons. The van der Waals surface area contributed by atoms with Gasteiger partial charge < -0.3 is 14.5 Å². The predicted molar refractivity (Wildman–Crippen MR) is 80.3 cm³/mol. The van der Waals surface area contributed by atoms with Gasteiger partial charge in [-0.15, -0.1) is 0 Å². The topological polar surface area (TPSA) is 68.4 Å². The minimum atomic E-state index is -0.688. The highest BCUT2D eigenvalue weighted by molar-refractivity contribution is 5.93. The van der Waals surface area contributed by atoms with Gasteiger partial charge in [-0.25, -0.2) is 4.79 Å². The van der Waals surface area contributed by atoms with Crippen LogP contribution in [-0.4, -0.2) is 25.2 Å². The van der Waals surface area contributed by atoms with E-state index in [1.165, 1.54) is 20.3 Å². The third-order valence-corrected chi connectivity index (χ3v) is 2.89. The van der Waals surface area contributed by atoms with E-state index in [9.17, 15) is 9.59 Å². The van der Waals surface area contributed by atoms with E-state index in [1.807, 2.05) is 30.3 Å². The summed E-state index contributed by atoms with van der Waals surface area (Å²) in [7, 11) is 2.67. The molecule has 0 fully saturated rings. The first-order chi connectivity index (χ1) is 10.2. The first-order valence-corrected chi connectivity index (χ1v) is 6.28. The van der Waals surface area contributed by atoms with Gasteiger partial charge >= 0.3 is 5.97 Å². The van der Waals surface area contributed by atoms with Crippen molar-refractivity contribution in [2.24, 2.45) is 0 Å². The van der Waals surface area contributed by atoms with Gasteiger partial charge in [0, 0.05) is 6.07 Å². The molecule has 2 rings (SSSR count). The number of esters is 1. The van der Waals surface area contributed by atoms with Crippen LogP contribution in [0.5, 0.6) is 5.88 Å². The zero-order valence-corrected chi connectivity index (χ0v) is 11.8. The van der Waals surface area contributed by atoms with Crippen LogP contribution in [0.25, 0.3) is 12.2 Å². The summed E-state index contributed by atoms with van der Waals surface area (Å²) in [6.07, 6.45) is 3.43. The smallest absolute Gasteiger partial charge is 0.344 e. The van der Waals surface area contributed by atoms with Crippen molar-refractivity contribution in [3.8, 4) is 5.88 Å². The Balaban J connectivity index is 2.50. The monoisotopic (exact) mass is 285 g/mol. The lowest BCUT2D eigenvalue weighted by atomic mass is 10.1. The second-order valence-electron chi connectivity index (χ2n) is 4.23. The highest BCUT2D eigenvalue weighted by Crippen LogP contribution is 2.13. The number of H-pyrrole nitrogens is 1. The summed E-state index contributed by atoms with van der Waals surface area (Å²) in [5.74, 6) is -0.410. The van der Waals surface area contributed by atoms with Crippen LogP contribution < -0.4 is 10.2 Å². The van der Waals surface area contributed by atoms with E-state index in [0.717, 1.165) is 5.56 Å². The number of ether oxygens (including phenoxy) is 2. The molecule has 1 N–H and O–H groups in total. The van der Waals surface area contributed by atoms with E-state index in [0.29, 0.717) is 5.69 Å². The Morgan fingerprint density at radius 3 is 2.48 bits per heavy atom. The van der Waals surface area contributed by atoms with E-state index < -0.39 is 11.4 Å². The van der Waals surface area contributed by atoms with E-state index in [2.05, 4.69) is 9.72 Å². The number of aromatic amines is 1. The number of benzene rings is 1. The van der Waals surface area contributed by atoms with Crippen LogP contribution in [0.1, 0.15) is 21.6 Å². The number of carbonyl (C=O) groups excluding carboxylic acids is 1. The first-order valence-electron chi connectivity index (χ1n) is 6.28. The van der Waals surface area contributed by atoms with Gasteiger partial charge in [0.05, 0.1) is 19.9 Å². The van der Waals surface area contributed by atoms with Crippen molar-refractivity contribution in [3.05, 3.63) is 63.4 Å². The average molecular weight is 285 g/mol. The number of carbonyl (C=O) groups is 1. The Bertz CT molecular complexity index is 717. The van der Waals surface area contributed by atoms with Crippen LogP contribution in [-0.2, 0) is 4.74 Å². The molecule has 0 aliphatic heterocycles. The number of pyridine rings is 1. The molecule has 1 aromatic carbocycles. The zero-order chi connectivity index (χ0) is 15.2. The molecular formula is C16H15NO4. The standard InChI is InChI=1S/C16H15NO4/c1-20-14-10-13(18)15(16(19)21-2)12(17-14)9-8-11-6-4-3-5-7-11/h3-10H,1-2H3,(H,17,18)/b9-8+. The first kappa shape index (κ1) is 14.6. The highest BCUT2D eigenvalue weighted by atomic mass is 16.5. The van der Waals surface area contributed by atoms with Crippen molar-refractivity contribution in [1.29, 1.82) is 0 Å². The van der Waals surface area contributed by atoms with E-state index in [1.54, 1.807) is 12.2 Å². The molecule has 0 atom stereocenters. The average Bonchev–Trinajstić information content (AvgIpc) is 2.52. The summed E-state index contributed by atoms with van der Waals surface area (Å²) in [5, 5.41) is 0. The van der Waals surface area contributed by atoms with Gasteiger partial charge in [-0.1, -0.05) is 36.4 Å². The maximum absolute atomic E-state index is 12.0. The minimum Gasteiger partial charge on any atom is -0.482 e. The summed E-state index contributed by atoms with van der Waals surface area (Å²) >= 11 is 0. The van der Waals surface area contributed by atoms with Gasteiger partial charge in [-0.2, -0.15) is 0 Å². The number of nitrogens with one attached hydrogen (secondary N) is 1. The van der Waals surface area contributed by atoms with Crippen molar-refractivity contribution in [2.45, 2.75) is 0 Å². The zero-order valence-electron chi connectivity index (χ0n) is 11.8. The fourth-order valence-corrected chi connectivity index (χ4v) is 1.85. The minimum absolute atomic E-state index is 0.0505. The summed E-state index contributed by atoms with van der Waals surface area (Å²) in [4.78, 5) is 26.6. The summed E-state index contributed by atoms with van der Waals surface area (Å²) in [5.41, 5.74) is 0.780. The van der Waals surface area contributed by atoms with E-state index in [-0.39, 0.29) is 11.4 Å². The largest absolute Gasteiger partial charge is 0.482 e. The SMILES string of the molecule is COC(=O)c1c(/C=C/c2ccccc2)[nH]c(OC)cc1=O. The molecule has 108 valence electrons. The van der Waals surface area contributed by atoms with Gasteiger partial charge in [0.25, 0.3) is 0 Å². The molecule has 1 heterocycles. The second-order valence-corrected chi connectivity index (χ2v) is 4.23. The van der Waals surface area contributed by atoms with Crippen LogP contribution in [0.3, 0.4) is 0 Å². The maximum Gasteiger partial charge on any atom is 0.344 e. The molecule has 21 heavy (non-hydrogen) atoms. The summed E-state index contributed by atoms with van der Waals surface area (Å²) < 4.78 is 9.66. The van der Waals surface area contributed by atoms with Crippen molar-refractivity contribution in [3.63, 3.8) is 0 Å². The lowest BCUT2D eigenvalue weighted by Gasteiger charge is -2.06. The molecule has 0 spiro atoms. The van der Waals surface area contributed by atoms with Gasteiger partial charge in [0.15, 0.2) is 5.88 Å². The van der Waals surface area contributed by atoms with E-state index in [4.69, 9.17) is 4.74 Å². The number of hydrogen-bond donors (Lipinski definition) is 1. The Labute approximate surface area is 121 Å². The molecule has 0 saturated carbocycles. The van der Waals surface area contributed by atoms with Gasteiger partial charge in [-0.05, 0) is 11.6 Å². The lowest BCUT2D eigenvalue weighted by Crippen LogP contribution is -2.19. The Kier molecular flexibility index (Phi) is 4.56. The van der Waals surface area contributed by atoms with Gasteiger partial charge in [-0.3, -0.25) is 4.79 Å². The Hall–Kier alpha value is -2.82. The number of hydrogen-bond acceptors (Lipinski definition) is 4. The van der Waals surface area contributed by atoms with E-state index >= 15 is 0 Å². The van der Waals surface area contributed by atoms with Gasteiger partial charge in [0.1, 0.15) is 5.56 Å². The second kappa shape index (κ2) is 6.56. The van der Waals surface area contributed by atoms with Crippen LogP contribution in [0.15, 0.2) is 41.2 Å². The Morgan fingerprint density at radius 1 is 1.14 bits per heavy atom. The fourth-order valence-electron chi connectivity index (χ4n) is 1.85. The van der Waals surface area contributed by atoms with Crippen LogP contribution in [0, 0.1) is 0 Å². The van der Waals surface area contributed by atoms with Crippen molar-refractivity contribution >= 4 is 18.1 Å². The molecule has 0 saturated heterocycles. The number of methoxy groups -OCH3 is 2. The molecule has 0 bridgehead atoms. The quantitative estimate of drug-likeness (QED) is 0.875. The highest BCUT2D eigenvalue weighted by Gasteiger charge is 2.16. The molecule has 5 heteroatoms. The third kappa shape index (κ3) is 3.39. The normalized spacial score (nSPS) is 10.6. The molecule has 0 unspecified atom stereocenters. The maximum atomic E-state index is 12.0. The van der Waals surface area contributed by atoms with Crippen molar-refractivity contribution in [2.75, 3.05) is 14.2 Å². The molecule has 2 aromatic rings. The molecular weight excluding hydrogens is 270 g/mol. The molecule has 1 aromatic heterocycles.